The minimum Gasteiger partial charge on any atom is -0.326 e. The van der Waals surface area contributed by atoms with Crippen LogP contribution in [0.2, 0.25) is 0 Å². The molecule has 0 atom stereocenters. The first-order valence-electron chi connectivity index (χ1n) is 5.96. The Labute approximate surface area is 103 Å². The van der Waals surface area contributed by atoms with Crippen LogP contribution < -0.4 is 5.73 Å². The molecular formula is C15H18N2. The zero-order valence-electron chi connectivity index (χ0n) is 10.4. The van der Waals surface area contributed by atoms with E-state index in [-0.39, 0.29) is 0 Å². The minimum atomic E-state index is 0.448. The summed E-state index contributed by atoms with van der Waals surface area (Å²) in [6.45, 7) is 4.89. The predicted molar refractivity (Wildman–Crippen MR) is 71.7 cm³/mol. The van der Waals surface area contributed by atoms with E-state index in [0.29, 0.717) is 12.5 Å². The van der Waals surface area contributed by atoms with Gasteiger partial charge < -0.3 is 5.73 Å². The molecule has 2 aromatic rings. The largest absolute Gasteiger partial charge is 0.326 e. The summed E-state index contributed by atoms with van der Waals surface area (Å²) in [7, 11) is 0. The Morgan fingerprint density at radius 3 is 2.41 bits per heavy atom. The van der Waals surface area contributed by atoms with Crippen LogP contribution in [-0.2, 0) is 6.54 Å². The normalized spacial score (nSPS) is 10.8. The van der Waals surface area contributed by atoms with Gasteiger partial charge in [0, 0.05) is 18.9 Å². The Morgan fingerprint density at radius 1 is 1.12 bits per heavy atom. The minimum absolute atomic E-state index is 0.448. The molecule has 2 rings (SSSR count). The summed E-state index contributed by atoms with van der Waals surface area (Å²) in [6, 6.07) is 10.4. The fraction of sp³-hybridized carbons (Fsp3) is 0.267. The maximum absolute atomic E-state index is 5.82. The maximum Gasteiger partial charge on any atom is 0.0319 e. The molecule has 0 unspecified atom stereocenters. The summed E-state index contributed by atoms with van der Waals surface area (Å²) < 4.78 is 0. The molecule has 2 N–H and O–H groups in total. The number of pyridine rings is 1. The van der Waals surface area contributed by atoms with Crippen LogP contribution in [0.4, 0.5) is 0 Å². The average molecular weight is 226 g/mol. The molecule has 0 aliphatic carbocycles. The second kappa shape index (κ2) is 5.11. The van der Waals surface area contributed by atoms with Gasteiger partial charge in [0.2, 0.25) is 0 Å². The first kappa shape index (κ1) is 11.8. The van der Waals surface area contributed by atoms with Crippen LogP contribution >= 0.6 is 0 Å². The molecule has 88 valence electrons. The van der Waals surface area contributed by atoms with Crippen LogP contribution in [0.1, 0.15) is 30.9 Å². The molecule has 0 amide bonds. The van der Waals surface area contributed by atoms with E-state index >= 15 is 0 Å². The Balaban J connectivity index is 2.65. The lowest BCUT2D eigenvalue weighted by Gasteiger charge is -2.16. The zero-order chi connectivity index (χ0) is 12.3. The highest BCUT2D eigenvalue weighted by molar-refractivity contribution is 5.71. The molecule has 0 bridgehead atoms. The first-order valence-corrected chi connectivity index (χ1v) is 5.96. The van der Waals surface area contributed by atoms with E-state index in [2.05, 4.69) is 43.1 Å². The Kier molecular flexibility index (Phi) is 3.55. The van der Waals surface area contributed by atoms with Crippen molar-refractivity contribution in [3.8, 4) is 11.1 Å². The van der Waals surface area contributed by atoms with Gasteiger partial charge in [0.05, 0.1) is 0 Å². The standard InChI is InChI=1S/C15H18N2/c1-11(2)14-10-17-9-13(8-16)15(14)12-6-4-3-5-7-12/h3-7,9-11H,8,16H2,1-2H3. The van der Waals surface area contributed by atoms with E-state index in [1.54, 1.807) is 0 Å². The lowest BCUT2D eigenvalue weighted by Crippen LogP contribution is -2.04. The van der Waals surface area contributed by atoms with E-state index in [9.17, 15) is 0 Å². The van der Waals surface area contributed by atoms with Gasteiger partial charge in [-0.15, -0.1) is 0 Å². The molecule has 0 fully saturated rings. The monoisotopic (exact) mass is 226 g/mol. The molecular weight excluding hydrogens is 208 g/mol. The van der Waals surface area contributed by atoms with Crippen molar-refractivity contribution in [1.82, 2.24) is 4.98 Å². The van der Waals surface area contributed by atoms with Gasteiger partial charge in [0.1, 0.15) is 0 Å². The average Bonchev–Trinajstić information content (AvgIpc) is 2.38. The van der Waals surface area contributed by atoms with Gasteiger partial charge in [-0.05, 0) is 28.2 Å². The highest BCUT2D eigenvalue weighted by atomic mass is 14.6. The summed E-state index contributed by atoms with van der Waals surface area (Å²) in [5.41, 5.74) is 10.7. The quantitative estimate of drug-likeness (QED) is 0.871. The number of nitrogens with two attached hydrogens (primary N) is 1. The third kappa shape index (κ3) is 2.37. The van der Waals surface area contributed by atoms with Crippen molar-refractivity contribution in [1.29, 1.82) is 0 Å². The van der Waals surface area contributed by atoms with Crippen LogP contribution in [-0.4, -0.2) is 4.98 Å². The zero-order valence-corrected chi connectivity index (χ0v) is 10.4. The molecule has 2 nitrogen and oxygen atoms in total. The third-order valence-electron chi connectivity index (χ3n) is 2.96. The van der Waals surface area contributed by atoms with Gasteiger partial charge in [-0.25, -0.2) is 0 Å². The van der Waals surface area contributed by atoms with Crippen LogP contribution in [0, 0.1) is 0 Å². The summed E-state index contributed by atoms with van der Waals surface area (Å²) in [6.07, 6.45) is 3.82. The predicted octanol–water partition coefficient (Wildman–Crippen LogP) is 3.33. The number of hydrogen-bond donors (Lipinski definition) is 1. The van der Waals surface area contributed by atoms with E-state index in [1.807, 2.05) is 18.5 Å². The fourth-order valence-electron chi connectivity index (χ4n) is 2.07. The number of benzene rings is 1. The third-order valence-corrected chi connectivity index (χ3v) is 2.96. The van der Waals surface area contributed by atoms with Crippen LogP contribution in [0.15, 0.2) is 42.7 Å². The highest BCUT2D eigenvalue weighted by Crippen LogP contribution is 2.31. The second-order valence-electron chi connectivity index (χ2n) is 4.49. The second-order valence-corrected chi connectivity index (χ2v) is 4.49. The van der Waals surface area contributed by atoms with E-state index < -0.39 is 0 Å². The Bertz CT molecular complexity index is 490. The molecule has 1 aromatic carbocycles. The van der Waals surface area contributed by atoms with Gasteiger partial charge >= 0.3 is 0 Å². The van der Waals surface area contributed by atoms with Crippen molar-refractivity contribution in [2.75, 3.05) is 0 Å². The molecule has 1 aromatic heterocycles. The van der Waals surface area contributed by atoms with E-state index in [1.165, 1.54) is 16.7 Å². The van der Waals surface area contributed by atoms with Gasteiger partial charge in [0.25, 0.3) is 0 Å². The van der Waals surface area contributed by atoms with Gasteiger partial charge in [-0.1, -0.05) is 44.2 Å². The summed E-state index contributed by atoms with van der Waals surface area (Å²) in [5.74, 6) is 0.448. The Morgan fingerprint density at radius 2 is 1.82 bits per heavy atom. The van der Waals surface area contributed by atoms with Crippen LogP contribution in [0.5, 0.6) is 0 Å². The Hall–Kier alpha value is -1.67. The lowest BCUT2D eigenvalue weighted by atomic mass is 9.91. The maximum atomic E-state index is 5.82. The summed E-state index contributed by atoms with van der Waals surface area (Å²) >= 11 is 0. The lowest BCUT2D eigenvalue weighted by molar-refractivity contribution is 0.853. The van der Waals surface area contributed by atoms with Crippen molar-refractivity contribution >= 4 is 0 Å². The summed E-state index contributed by atoms with van der Waals surface area (Å²) in [4.78, 5) is 4.28. The molecule has 17 heavy (non-hydrogen) atoms. The smallest absolute Gasteiger partial charge is 0.0319 e. The van der Waals surface area contributed by atoms with Gasteiger partial charge in [0.15, 0.2) is 0 Å². The number of nitrogens with zero attached hydrogens (tertiary/aromatic N) is 1. The molecule has 0 aliphatic heterocycles. The number of aromatic nitrogens is 1. The highest BCUT2D eigenvalue weighted by Gasteiger charge is 2.12. The molecule has 0 aliphatic rings. The van der Waals surface area contributed by atoms with Crippen LogP contribution in [0.3, 0.4) is 0 Å². The van der Waals surface area contributed by atoms with Crippen molar-refractivity contribution in [3.63, 3.8) is 0 Å². The van der Waals surface area contributed by atoms with Gasteiger partial charge in [-0.3, -0.25) is 4.98 Å². The topological polar surface area (TPSA) is 38.9 Å². The molecule has 1 heterocycles. The van der Waals surface area contributed by atoms with Crippen molar-refractivity contribution in [2.24, 2.45) is 5.73 Å². The van der Waals surface area contributed by atoms with E-state index in [0.717, 1.165) is 5.56 Å². The van der Waals surface area contributed by atoms with Crippen LogP contribution in [0.25, 0.3) is 11.1 Å². The molecule has 2 heteroatoms. The van der Waals surface area contributed by atoms with E-state index in [4.69, 9.17) is 5.73 Å². The molecule has 0 saturated carbocycles. The molecule has 0 spiro atoms. The number of rotatable bonds is 3. The molecule has 0 radical (unpaired) electrons. The first-order chi connectivity index (χ1) is 8.24. The van der Waals surface area contributed by atoms with Gasteiger partial charge in [-0.2, -0.15) is 0 Å². The van der Waals surface area contributed by atoms with Crippen molar-refractivity contribution in [2.45, 2.75) is 26.3 Å². The molecule has 0 saturated heterocycles. The summed E-state index contributed by atoms with van der Waals surface area (Å²) in [5, 5.41) is 0. The fourth-order valence-corrected chi connectivity index (χ4v) is 2.07. The number of hydrogen-bond acceptors (Lipinski definition) is 2. The van der Waals surface area contributed by atoms with Crippen molar-refractivity contribution in [3.05, 3.63) is 53.9 Å². The van der Waals surface area contributed by atoms with Crippen molar-refractivity contribution < 1.29 is 0 Å². The SMILES string of the molecule is CC(C)c1cncc(CN)c1-c1ccccc1.